The molecule has 262 valence electrons. The number of methoxy groups -OCH3 is 1. The summed E-state index contributed by atoms with van der Waals surface area (Å²) in [6.07, 6.45) is 8.15. The Balaban J connectivity index is 1.52. The van der Waals surface area contributed by atoms with Gasteiger partial charge in [-0.15, -0.1) is 0 Å². The van der Waals surface area contributed by atoms with E-state index in [2.05, 4.69) is 39.8 Å². The van der Waals surface area contributed by atoms with Gasteiger partial charge in [0.15, 0.2) is 6.54 Å². The number of allylic oxidation sites excluding steroid dienone is 3. The standard InChI is InChI=1S/C35H38Cl2N2O7S3/c1-46-19-16-27-28-23-29(36)30(37)24-32(28)38(17-5-7-20-48(40,41)42)31(27)12-9-13-35-39(18-6-8-21-49(43,44)45)33-22-26(14-15-34(33)47-35)25-10-3-2-4-11-25/h2-4,9-15,22-24,27H,5-8,16-21H2,1H3,(H-,40,41,42,43,44,45)/p-1. The molecule has 1 unspecified atom stereocenters. The van der Waals surface area contributed by atoms with Gasteiger partial charge < -0.3 is 18.7 Å². The summed E-state index contributed by atoms with van der Waals surface area (Å²) in [6.45, 7) is 1.49. The number of rotatable bonds is 16. The molecule has 0 fully saturated rings. The van der Waals surface area contributed by atoms with Gasteiger partial charge in [-0.3, -0.25) is 0 Å². The summed E-state index contributed by atoms with van der Waals surface area (Å²) in [5, 5.41) is 1.79. The van der Waals surface area contributed by atoms with E-state index < -0.39 is 31.7 Å². The van der Waals surface area contributed by atoms with E-state index in [9.17, 15) is 25.9 Å². The molecular formula is C35H37Cl2N2O7S3-. The van der Waals surface area contributed by atoms with Crippen molar-refractivity contribution in [2.75, 3.05) is 36.7 Å². The molecule has 2 heterocycles. The predicted molar refractivity (Wildman–Crippen MR) is 195 cm³/mol. The molecule has 0 amide bonds. The van der Waals surface area contributed by atoms with Crippen LogP contribution in [0.2, 0.25) is 10.0 Å². The normalized spacial score (nSPS) is 16.0. The van der Waals surface area contributed by atoms with E-state index in [0.29, 0.717) is 49.0 Å². The number of thiazole rings is 1. The van der Waals surface area contributed by atoms with E-state index in [1.807, 2.05) is 48.6 Å². The molecule has 1 atom stereocenters. The van der Waals surface area contributed by atoms with Crippen molar-refractivity contribution in [3.05, 3.63) is 99.1 Å². The second-order valence-corrected chi connectivity index (χ2v) is 16.8. The van der Waals surface area contributed by atoms with Gasteiger partial charge in [-0.2, -0.15) is 4.57 Å². The molecule has 9 nitrogen and oxygen atoms in total. The van der Waals surface area contributed by atoms with E-state index in [1.165, 1.54) is 0 Å². The molecule has 5 rings (SSSR count). The smallest absolute Gasteiger partial charge is 0.262 e. The van der Waals surface area contributed by atoms with Gasteiger partial charge in [0.25, 0.3) is 5.01 Å². The highest BCUT2D eigenvalue weighted by molar-refractivity contribution is 7.85. The van der Waals surface area contributed by atoms with E-state index in [0.717, 1.165) is 43.3 Å². The number of anilines is 1. The molecule has 0 saturated heterocycles. The molecule has 0 aliphatic carbocycles. The Labute approximate surface area is 301 Å². The van der Waals surface area contributed by atoms with Gasteiger partial charge in [0.05, 0.1) is 30.3 Å². The molecule has 0 bridgehead atoms. The van der Waals surface area contributed by atoms with Crippen molar-refractivity contribution >= 4 is 76.8 Å². The van der Waals surface area contributed by atoms with E-state index in [-0.39, 0.29) is 18.8 Å². The summed E-state index contributed by atoms with van der Waals surface area (Å²) in [5.74, 6) is -0.912. The molecular weight excluding hydrogens is 727 g/mol. The number of unbranched alkanes of at least 4 members (excludes halogenated alkanes) is 2. The summed E-state index contributed by atoms with van der Waals surface area (Å²) in [7, 11) is -6.98. The fraction of sp³-hybridized carbons (Fsp3) is 0.343. The van der Waals surface area contributed by atoms with Gasteiger partial charge in [-0.25, -0.2) is 16.8 Å². The molecule has 49 heavy (non-hydrogen) atoms. The van der Waals surface area contributed by atoms with Crippen molar-refractivity contribution in [1.29, 1.82) is 0 Å². The molecule has 3 aromatic carbocycles. The number of ether oxygens (including phenoxy) is 1. The highest BCUT2D eigenvalue weighted by Crippen LogP contribution is 2.48. The lowest BCUT2D eigenvalue weighted by Gasteiger charge is -2.23. The molecule has 4 aromatic rings. The first-order valence-corrected chi connectivity index (χ1v) is 20.6. The van der Waals surface area contributed by atoms with Crippen molar-refractivity contribution in [2.45, 2.75) is 44.6 Å². The molecule has 0 radical (unpaired) electrons. The van der Waals surface area contributed by atoms with Crippen LogP contribution in [0.25, 0.3) is 27.4 Å². The number of aromatic nitrogens is 1. The number of hydrogen-bond donors (Lipinski definition) is 0. The molecule has 0 spiro atoms. The number of halogens is 2. The average Bonchev–Trinajstić information content (AvgIpc) is 3.53. The van der Waals surface area contributed by atoms with Crippen LogP contribution >= 0.6 is 34.5 Å². The zero-order valence-corrected chi connectivity index (χ0v) is 30.8. The van der Waals surface area contributed by atoms with E-state index >= 15 is 0 Å². The lowest BCUT2D eigenvalue weighted by Crippen LogP contribution is -2.35. The number of aryl methyl sites for hydroxylation is 1. The molecule has 0 N–H and O–H groups in total. The van der Waals surface area contributed by atoms with Crippen LogP contribution in [0.3, 0.4) is 0 Å². The van der Waals surface area contributed by atoms with Crippen molar-refractivity contribution in [2.24, 2.45) is 0 Å². The third kappa shape index (κ3) is 9.92. The van der Waals surface area contributed by atoms with Crippen LogP contribution in [-0.4, -0.2) is 57.7 Å². The van der Waals surface area contributed by atoms with Crippen molar-refractivity contribution in [3.8, 4) is 11.1 Å². The highest BCUT2D eigenvalue weighted by Gasteiger charge is 2.34. The summed E-state index contributed by atoms with van der Waals surface area (Å²) in [4.78, 5) is 2.11. The SMILES string of the molecule is COCCC1C(=CC=Cc2sc3ccc(-c4ccccc4)cc3[n+]2CCCCS(=O)(=O)[O-])N(CCCCS(=O)(=O)[O-])c2cc(Cl)c(Cl)cc21. The van der Waals surface area contributed by atoms with Crippen molar-refractivity contribution in [1.82, 2.24) is 0 Å². The lowest BCUT2D eigenvalue weighted by atomic mass is 9.95. The van der Waals surface area contributed by atoms with Crippen LogP contribution in [0, 0.1) is 0 Å². The number of benzene rings is 3. The molecule has 1 aliphatic heterocycles. The summed E-state index contributed by atoms with van der Waals surface area (Å²) < 4.78 is 76.2. The van der Waals surface area contributed by atoms with Crippen LogP contribution in [0.5, 0.6) is 0 Å². The highest BCUT2D eigenvalue weighted by atomic mass is 35.5. The fourth-order valence-corrected chi connectivity index (χ4v) is 8.67. The topological polar surface area (TPSA) is 131 Å². The minimum absolute atomic E-state index is 0.0744. The quantitative estimate of drug-likeness (QED) is 0.0658. The van der Waals surface area contributed by atoms with Crippen LogP contribution < -0.4 is 9.47 Å². The molecule has 1 aliphatic rings. The summed E-state index contributed by atoms with van der Waals surface area (Å²) >= 11 is 14.5. The largest absolute Gasteiger partial charge is 0.748 e. The van der Waals surface area contributed by atoms with Gasteiger partial charge in [-0.1, -0.05) is 77.0 Å². The second kappa shape index (κ2) is 16.5. The molecule has 1 aromatic heterocycles. The Morgan fingerprint density at radius 2 is 1.59 bits per heavy atom. The zero-order chi connectivity index (χ0) is 35.2. The Kier molecular flexibility index (Phi) is 12.6. The Hall–Kier alpha value is -2.81. The summed E-state index contributed by atoms with van der Waals surface area (Å²) in [6, 6.07) is 20.0. The zero-order valence-electron chi connectivity index (χ0n) is 26.9. The second-order valence-electron chi connectivity index (χ2n) is 11.8. The van der Waals surface area contributed by atoms with Gasteiger partial charge in [0.2, 0.25) is 5.52 Å². The minimum Gasteiger partial charge on any atom is -0.748 e. The maximum absolute atomic E-state index is 11.3. The van der Waals surface area contributed by atoms with Crippen LogP contribution in [-0.2, 0) is 31.5 Å². The third-order valence-electron chi connectivity index (χ3n) is 8.41. The van der Waals surface area contributed by atoms with E-state index in [4.69, 9.17) is 27.9 Å². The van der Waals surface area contributed by atoms with Crippen molar-refractivity contribution < 1.29 is 35.2 Å². The van der Waals surface area contributed by atoms with Crippen LogP contribution in [0.15, 0.2) is 78.5 Å². The number of fused-ring (bicyclic) bond motifs is 2. The molecule has 0 saturated carbocycles. The van der Waals surface area contributed by atoms with Crippen LogP contribution in [0.4, 0.5) is 5.69 Å². The van der Waals surface area contributed by atoms with Gasteiger partial charge in [-0.05, 0) is 66.6 Å². The van der Waals surface area contributed by atoms with Crippen molar-refractivity contribution in [3.63, 3.8) is 0 Å². The maximum atomic E-state index is 11.3. The van der Waals surface area contributed by atoms with Gasteiger partial charge >= 0.3 is 0 Å². The van der Waals surface area contributed by atoms with Gasteiger partial charge in [0.1, 0.15) is 4.70 Å². The minimum atomic E-state index is -4.32. The van der Waals surface area contributed by atoms with Gasteiger partial charge in [0, 0.05) is 67.6 Å². The number of nitrogens with zero attached hydrogens (tertiary/aromatic N) is 2. The lowest BCUT2D eigenvalue weighted by molar-refractivity contribution is -0.669. The first-order valence-electron chi connectivity index (χ1n) is 15.9. The summed E-state index contributed by atoms with van der Waals surface area (Å²) in [5.41, 5.74) is 5.97. The van der Waals surface area contributed by atoms with Crippen LogP contribution in [0.1, 0.15) is 48.6 Å². The maximum Gasteiger partial charge on any atom is 0.262 e. The molecule has 14 heteroatoms. The number of hydrogen-bond acceptors (Lipinski definition) is 9. The Morgan fingerprint density at radius 1 is 0.898 bits per heavy atom. The third-order valence-corrected chi connectivity index (χ3v) is 11.8. The van der Waals surface area contributed by atoms with E-state index in [1.54, 1.807) is 18.4 Å². The first kappa shape index (κ1) is 37.4. The average molecular weight is 765 g/mol. The Morgan fingerprint density at radius 3 is 2.29 bits per heavy atom. The monoisotopic (exact) mass is 763 g/mol. The Bertz CT molecular complexity index is 2070. The predicted octanol–water partition coefficient (Wildman–Crippen LogP) is 7.35. The first-order chi connectivity index (χ1) is 23.3. The fourth-order valence-electron chi connectivity index (χ4n) is 6.14.